The van der Waals surface area contributed by atoms with E-state index in [0.29, 0.717) is 18.5 Å². The van der Waals surface area contributed by atoms with E-state index >= 15 is 0 Å². The van der Waals surface area contributed by atoms with Crippen LogP contribution < -0.4 is 5.32 Å². The summed E-state index contributed by atoms with van der Waals surface area (Å²) in [6, 6.07) is 0.915. The molecule has 0 spiro atoms. The lowest BCUT2D eigenvalue weighted by Crippen LogP contribution is -2.45. The molecular weight excluding hydrogens is 164 g/mol. The van der Waals surface area contributed by atoms with Gasteiger partial charge in [-0.1, -0.05) is 6.92 Å². The molecule has 1 aliphatic rings. The van der Waals surface area contributed by atoms with Gasteiger partial charge < -0.3 is 10.2 Å². The second-order valence-corrected chi connectivity index (χ2v) is 3.99. The lowest BCUT2D eigenvalue weighted by Gasteiger charge is -2.26. The summed E-state index contributed by atoms with van der Waals surface area (Å²) < 4.78 is 0. The molecule has 0 saturated heterocycles. The summed E-state index contributed by atoms with van der Waals surface area (Å²) in [5, 5.41) is 3.08. The average molecular weight is 184 g/mol. The smallest absolute Gasteiger partial charge is 0.219 e. The van der Waals surface area contributed by atoms with Crippen molar-refractivity contribution in [1.82, 2.24) is 10.2 Å². The topological polar surface area (TPSA) is 32.3 Å². The fourth-order valence-corrected chi connectivity index (χ4v) is 2.04. The largest absolute Gasteiger partial charge is 0.352 e. The molecule has 0 aromatic heterocycles. The molecule has 13 heavy (non-hydrogen) atoms. The maximum absolute atomic E-state index is 11.2. The highest BCUT2D eigenvalue weighted by molar-refractivity contribution is 5.75. The number of nitrogens with zero attached hydrogens (tertiary/aromatic N) is 1. The molecule has 0 radical (unpaired) electrons. The van der Waals surface area contributed by atoms with Crippen LogP contribution in [0.5, 0.6) is 0 Å². The Balaban J connectivity index is 2.44. The molecule has 3 nitrogen and oxygen atoms in total. The van der Waals surface area contributed by atoms with Gasteiger partial charge in [-0.05, 0) is 33.4 Å². The summed E-state index contributed by atoms with van der Waals surface area (Å²) in [6.45, 7) is 1.90. The Kier molecular flexibility index (Phi) is 3.72. The van der Waals surface area contributed by atoms with E-state index in [0.717, 1.165) is 6.42 Å². The Morgan fingerprint density at radius 3 is 2.69 bits per heavy atom. The normalized spacial score (nSPS) is 28.0. The van der Waals surface area contributed by atoms with Crippen molar-refractivity contribution in [2.24, 2.45) is 0 Å². The molecule has 0 aromatic carbocycles. The molecule has 0 unspecified atom stereocenters. The number of carbonyl (C=O) groups excluding carboxylic acids is 1. The molecule has 1 amide bonds. The summed E-state index contributed by atoms with van der Waals surface area (Å²) in [5.74, 6) is 0.179. The van der Waals surface area contributed by atoms with E-state index in [1.165, 1.54) is 12.8 Å². The zero-order valence-electron chi connectivity index (χ0n) is 8.84. The number of nitrogens with one attached hydrogen (secondary N) is 1. The van der Waals surface area contributed by atoms with Gasteiger partial charge in [-0.15, -0.1) is 0 Å². The Morgan fingerprint density at radius 2 is 2.15 bits per heavy atom. The first kappa shape index (κ1) is 10.5. The van der Waals surface area contributed by atoms with E-state index in [1.54, 1.807) is 0 Å². The predicted molar refractivity (Wildman–Crippen MR) is 53.5 cm³/mol. The van der Waals surface area contributed by atoms with Crippen molar-refractivity contribution in [1.29, 1.82) is 0 Å². The molecule has 1 fully saturated rings. The van der Waals surface area contributed by atoms with E-state index in [2.05, 4.69) is 24.3 Å². The molecule has 0 bridgehead atoms. The number of carbonyl (C=O) groups is 1. The van der Waals surface area contributed by atoms with Crippen molar-refractivity contribution < 1.29 is 4.79 Å². The van der Waals surface area contributed by atoms with E-state index in [-0.39, 0.29) is 5.91 Å². The van der Waals surface area contributed by atoms with Gasteiger partial charge >= 0.3 is 0 Å². The summed E-state index contributed by atoms with van der Waals surface area (Å²) in [5.41, 5.74) is 0. The minimum absolute atomic E-state index is 0.179. The lowest BCUT2D eigenvalue weighted by atomic mass is 10.1. The third kappa shape index (κ3) is 2.69. The van der Waals surface area contributed by atoms with Crippen molar-refractivity contribution in [2.45, 2.75) is 44.7 Å². The Morgan fingerprint density at radius 1 is 1.46 bits per heavy atom. The van der Waals surface area contributed by atoms with Gasteiger partial charge in [0.2, 0.25) is 5.91 Å². The number of rotatable bonds is 3. The summed E-state index contributed by atoms with van der Waals surface area (Å²) in [7, 11) is 4.17. The fourth-order valence-electron chi connectivity index (χ4n) is 2.04. The fraction of sp³-hybridized carbons (Fsp3) is 0.900. The van der Waals surface area contributed by atoms with Crippen LogP contribution in [0.3, 0.4) is 0 Å². The van der Waals surface area contributed by atoms with Crippen LogP contribution in [-0.4, -0.2) is 37.0 Å². The van der Waals surface area contributed by atoms with Crippen LogP contribution in [0, 0.1) is 0 Å². The van der Waals surface area contributed by atoms with Gasteiger partial charge in [-0.3, -0.25) is 4.79 Å². The van der Waals surface area contributed by atoms with Gasteiger partial charge in [0.15, 0.2) is 0 Å². The summed E-state index contributed by atoms with van der Waals surface area (Å²) >= 11 is 0. The Labute approximate surface area is 80.5 Å². The van der Waals surface area contributed by atoms with Gasteiger partial charge in [0.05, 0.1) is 0 Å². The van der Waals surface area contributed by atoms with Gasteiger partial charge in [0.1, 0.15) is 0 Å². The van der Waals surface area contributed by atoms with Crippen LogP contribution in [0.15, 0.2) is 0 Å². The molecule has 1 N–H and O–H groups in total. The third-order valence-corrected chi connectivity index (χ3v) is 2.81. The van der Waals surface area contributed by atoms with Gasteiger partial charge in [0.25, 0.3) is 0 Å². The maximum atomic E-state index is 11.2. The van der Waals surface area contributed by atoms with Crippen LogP contribution in [0.2, 0.25) is 0 Å². The highest BCUT2D eigenvalue weighted by Gasteiger charge is 2.29. The molecule has 1 rings (SSSR count). The second-order valence-electron chi connectivity index (χ2n) is 3.99. The second kappa shape index (κ2) is 4.61. The molecule has 0 aromatic rings. The SMILES string of the molecule is CCC(=O)N[C@@H]1CCC[C@H]1N(C)C. The maximum Gasteiger partial charge on any atom is 0.219 e. The average Bonchev–Trinajstić information content (AvgIpc) is 2.52. The highest BCUT2D eigenvalue weighted by atomic mass is 16.1. The number of hydrogen-bond donors (Lipinski definition) is 1. The number of likely N-dealkylation sites (N-methyl/N-ethyl adjacent to an activating group) is 1. The van der Waals surface area contributed by atoms with Crippen LogP contribution in [0.4, 0.5) is 0 Å². The van der Waals surface area contributed by atoms with E-state index in [9.17, 15) is 4.79 Å². The summed E-state index contributed by atoms with van der Waals surface area (Å²) in [4.78, 5) is 13.4. The minimum atomic E-state index is 0.179. The van der Waals surface area contributed by atoms with Gasteiger partial charge in [0, 0.05) is 18.5 Å². The Bertz CT molecular complexity index is 180. The molecule has 76 valence electrons. The lowest BCUT2D eigenvalue weighted by molar-refractivity contribution is -0.121. The third-order valence-electron chi connectivity index (χ3n) is 2.81. The van der Waals surface area contributed by atoms with Crippen molar-refractivity contribution in [3.05, 3.63) is 0 Å². The van der Waals surface area contributed by atoms with Crippen LogP contribution >= 0.6 is 0 Å². The molecule has 3 heteroatoms. The number of amides is 1. The van der Waals surface area contributed by atoms with Crippen molar-refractivity contribution in [3.8, 4) is 0 Å². The van der Waals surface area contributed by atoms with Crippen molar-refractivity contribution in [2.75, 3.05) is 14.1 Å². The van der Waals surface area contributed by atoms with E-state index in [1.807, 2.05) is 6.92 Å². The molecule has 0 heterocycles. The molecule has 1 saturated carbocycles. The standard InChI is InChI=1S/C10H20N2O/c1-4-10(13)11-8-6-5-7-9(8)12(2)3/h8-9H,4-7H2,1-3H3,(H,11,13)/t8-,9-/m1/s1. The Hall–Kier alpha value is -0.570. The van der Waals surface area contributed by atoms with Gasteiger partial charge in [-0.2, -0.15) is 0 Å². The van der Waals surface area contributed by atoms with Crippen LogP contribution in [0.1, 0.15) is 32.6 Å². The van der Waals surface area contributed by atoms with Crippen molar-refractivity contribution in [3.63, 3.8) is 0 Å². The van der Waals surface area contributed by atoms with E-state index in [4.69, 9.17) is 0 Å². The first-order chi connectivity index (χ1) is 6.15. The van der Waals surface area contributed by atoms with Crippen LogP contribution in [-0.2, 0) is 4.79 Å². The molecular formula is C10H20N2O. The summed E-state index contributed by atoms with van der Waals surface area (Å²) in [6.07, 6.45) is 4.17. The molecule has 1 aliphatic carbocycles. The molecule has 0 aliphatic heterocycles. The zero-order valence-corrected chi connectivity index (χ0v) is 8.84. The first-order valence-electron chi connectivity index (χ1n) is 5.11. The van der Waals surface area contributed by atoms with Gasteiger partial charge in [-0.25, -0.2) is 0 Å². The molecule has 2 atom stereocenters. The predicted octanol–water partition coefficient (Wildman–Crippen LogP) is 0.995. The zero-order chi connectivity index (χ0) is 9.84. The minimum Gasteiger partial charge on any atom is -0.352 e. The monoisotopic (exact) mass is 184 g/mol. The van der Waals surface area contributed by atoms with Crippen molar-refractivity contribution >= 4 is 5.91 Å². The van der Waals surface area contributed by atoms with E-state index < -0.39 is 0 Å². The first-order valence-corrected chi connectivity index (χ1v) is 5.11. The quantitative estimate of drug-likeness (QED) is 0.709. The highest BCUT2D eigenvalue weighted by Crippen LogP contribution is 2.22. The number of hydrogen-bond acceptors (Lipinski definition) is 2. The van der Waals surface area contributed by atoms with Crippen LogP contribution in [0.25, 0.3) is 0 Å².